The zero-order valence-electron chi connectivity index (χ0n) is 19.0. The maximum Gasteiger partial charge on any atom is 0.260 e. The first-order chi connectivity index (χ1) is 16.0. The van der Waals surface area contributed by atoms with Gasteiger partial charge in [-0.15, -0.1) is 0 Å². The number of anilines is 1. The van der Waals surface area contributed by atoms with Crippen LogP contribution in [0.25, 0.3) is 10.8 Å². The number of amides is 1. The number of aliphatic hydroxyl groups excluding tert-OH is 1. The lowest BCUT2D eigenvalue weighted by Crippen LogP contribution is -2.30. The number of nitrogens with one attached hydrogen (secondary N) is 1. The Balaban J connectivity index is 1.57. The predicted molar refractivity (Wildman–Crippen MR) is 128 cm³/mol. The molecule has 1 fully saturated rings. The van der Waals surface area contributed by atoms with Crippen LogP contribution in [-0.4, -0.2) is 29.8 Å². The molecule has 1 aromatic heterocycles. The van der Waals surface area contributed by atoms with Gasteiger partial charge in [0.15, 0.2) is 0 Å². The number of pyridine rings is 1. The van der Waals surface area contributed by atoms with Gasteiger partial charge in [0.25, 0.3) is 5.56 Å². The number of ether oxygens (including phenoxy) is 2. The molecule has 1 aliphatic rings. The minimum Gasteiger partial charge on any atom is -0.497 e. The molecular weight excluding hydrogens is 420 g/mol. The molecule has 0 spiro atoms. The van der Waals surface area contributed by atoms with E-state index in [1.807, 2.05) is 0 Å². The largest absolute Gasteiger partial charge is 0.497 e. The van der Waals surface area contributed by atoms with Crippen LogP contribution in [0.15, 0.2) is 53.5 Å². The molecule has 0 saturated heterocycles. The number of benzene rings is 2. The molecule has 174 valence electrons. The van der Waals surface area contributed by atoms with Gasteiger partial charge < -0.3 is 19.9 Å². The third kappa shape index (κ3) is 5.03. The van der Waals surface area contributed by atoms with E-state index < -0.39 is 6.23 Å². The lowest BCUT2D eigenvalue weighted by molar-refractivity contribution is -0.115. The van der Waals surface area contributed by atoms with Crippen molar-refractivity contribution in [2.24, 2.45) is 5.92 Å². The standard InChI is InChI=1S/C26H30N2O5/c1-32-19-13-17(14-20(16-19)33-2)15-24(29)27-23-10-6-9-22-21(23)11-12-28(26(22)31)25(30)18-7-4-3-5-8-18/h6,9-14,16,18,25,30H,3-5,7-8,15H2,1-2H3,(H,27,29). The highest BCUT2D eigenvalue weighted by atomic mass is 16.5. The van der Waals surface area contributed by atoms with Gasteiger partial charge in [0, 0.05) is 34.6 Å². The van der Waals surface area contributed by atoms with Gasteiger partial charge in [0.1, 0.15) is 17.7 Å². The van der Waals surface area contributed by atoms with Crippen molar-refractivity contribution in [1.82, 2.24) is 4.57 Å². The number of fused-ring (bicyclic) bond motifs is 1. The van der Waals surface area contributed by atoms with Crippen molar-refractivity contribution in [1.29, 1.82) is 0 Å². The van der Waals surface area contributed by atoms with Crippen molar-refractivity contribution >= 4 is 22.4 Å². The third-order valence-electron chi connectivity index (χ3n) is 6.38. The third-order valence-corrected chi connectivity index (χ3v) is 6.38. The van der Waals surface area contributed by atoms with E-state index in [1.54, 1.807) is 62.9 Å². The number of aromatic nitrogens is 1. The average molecular weight is 451 g/mol. The summed E-state index contributed by atoms with van der Waals surface area (Å²) >= 11 is 0. The number of carbonyl (C=O) groups excluding carboxylic acids is 1. The summed E-state index contributed by atoms with van der Waals surface area (Å²) in [6.07, 6.45) is 6.13. The summed E-state index contributed by atoms with van der Waals surface area (Å²) in [5.74, 6) is 1.10. The van der Waals surface area contributed by atoms with Crippen LogP contribution in [0.2, 0.25) is 0 Å². The van der Waals surface area contributed by atoms with Crippen molar-refractivity contribution in [2.45, 2.75) is 44.8 Å². The van der Waals surface area contributed by atoms with Gasteiger partial charge in [-0.1, -0.05) is 25.3 Å². The van der Waals surface area contributed by atoms with Crippen LogP contribution in [-0.2, 0) is 11.2 Å². The first kappa shape index (κ1) is 22.9. The van der Waals surface area contributed by atoms with Crippen molar-refractivity contribution in [2.75, 3.05) is 19.5 Å². The van der Waals surface area contributed by atoms with E-state index in [2.05, 4.69) is 5.32 Å². The maximum atomic E-state index is 13.1. The topological polar surface area (TPSA) is 89.8 Å². The Morgan fingerprint density at radius 1 is 1.06 bits per heavy atom. The van der Waals surface area contributed by atoms with Crippen LogP contribution in [0.3, 0.4) is 0 Å². The Morgan fingerprint density at radius 2 is 1.76 bits per heavy atom. The summed E-state index contributed by atoms with van der Waals surface area (Å²) in [6.45, 7) is 0. The molecule has 0 bridgehead atoms. The summed E-state index contributed by atoms with van der Waals surface area (Å²) < 4.78 is 12.0. The van der Waals surface area contributed by atoms with Gasteiger partial charge in [-0.25, -0.2) is 0 Å². The summed E-state index contributed by atoms with van der Waals surface area (Å²) in [5, 5.41) is 14.8. The Hall–Kier alpha value is -3.32. The summed E-state index contributed by atoms with van der Waals surface area (Å²) in [4.78, 5) is 25.9. The molecule has 2 aromatic carbocycles. The van der Waals surface area contributed by atoms with Gasteiger partial charge in [0.05, 0.1) is 20.6 Å². The quantitative estimate of drug-likeness (QED) is 0.561. The monoisotopic (exact) mass is 450 g/mol. The fourth-order valence-electron chi connectivity index (χ4n) is 4.62. The summed E-state index contributed by atoms with van der Waals surface area (Å²) in [6, 6.07) is 12.3. The summed E-state index contributed by atoms with van der Waals surface area (Å²) in [7, 11) is 3.12. The molecule has 3 aromatic rings. The zero-order chi connectivity index (χ0) is 23.4. The van der Waals surface area contributed by atoms with E-state index in [4.69, 9.17) is 9.47 Å². The van der Waals surface area contributed by atoms with E-state index in [0.717, 1.165) is 31.2 Å². The van der Waals surface area contributed by atoms with Gasteiger partial charge in [-0.3, -0.25) is 14.2 Å². The molecule has 1 atom stereocenters. The van der Waals surface area contributed by atoms with Crippen molar-refractivity contribution < 1.29 is 19.4 Å². The van der Waals surface area contributed by atoms with E-state index in [0.29, 0.717) is 28.0 Å². The molecule has 0 radical (unpaired) electrons. The number of aliphatic hydroxyl groups is 1. The van der Waals surface area contributed by atoms with E-state index in [-0.39, 0.29) is 23.8 Å². The first-order valence-electron chi connectivity index (χ1n) is 11.3. The Labute approximate surface area is 193 Å². The molecule has 1 aliphatic carbocycles. The Kier molecular flexibility index (Phi) is 6.99. The SMILES string of the molecule is COc1cc(CC(=O)Nc2cccc3c(=O)n(C(O)C4CCCCC4)ccc23)cc(OC)c1. The molecule has 0 aliphatic heterocycles. The number of methoxy groups -OCH3 is 2. The molecule has 2 N–H and O–H groups in total. The highest BCUT2D eigenvalue weighted by Gasteiger charge is 2.24. The molecule has 4 rings (SSSR count). The molecule has 33 heavy (non-hydrogen) atoms. The molecule has 1 heterocycles. The fraction of sp³-hybridized carbons (Fsp3) is 0.385. The van der Waals surface area contributed by atoms with Crippen molar-refractivity contribution in [3.05, 3.63) is 64.6 Å². The number of carbonyl (C=O) groups is 1. The smallest absolute Gasteiger partial charge is 0.260 e. The first-order valence-corrected chi connectivity index (χ1v) is 11.3. The van der Waals surface area contributed by atoms with Crippen molar-refractivity contribution in [3.8, 4) is 11.5 Å². The molecule has 1 amide bonds. The Morgan fingerprint density at radius 3 is 2.42 bits per heavy atom. The van der Waals surface area contributed by atoms with Gasteiger partial charge in [-0.05, 0) is 48.7 Å². The second-order valence-electron chi connectivity index (χ2n) is 8.55. The predicted octanol–water partition coefficient (Wildman–Crippen LogP) is 4.27. The second kappa shape index (κ2) is 10.1. The molecule has 1 saturated carbocycles. The van der Waals surface area contributed by atoms with E-state index in [9.17, 15) is 14.7 Å². The second-order valence-corrected chi connectivity index (χ2v) is 8.55. The van der Waals surface area contributed by atoms with Gasteiger partial charge in [0.2, 0.25) is 5.91 Å². The Bertz CT molecular complexity index is 1170. The zero-order valence-corrected chi connectivity index (χ0v) is 19.0. The number of rotatable bonds is 7. The van der Waals surface area contributed by atoms with Crippen LogP contribution in [0.1, 0.15) is 43.9 Å². The average Bonchev–Trinajstić information content (AvgIpc) is 2.84. The normalized spacial score (nSPS) is 15.2. The lowest BCUT2D eigenvalue weighted by atomic mass is 9.88. The minimum atomic E-state index is -0.830. The van der Waals surface area contributed by atoms with Crippen LogP contribution in [0.4, 0.5) is 5.69 Å². The van der Waals surface area contributed by atoms with Gasteiger partial charge >= 0.3 is 0 Å². The molecule has 7 nitrogen and oxygen atoms in total. The molecular formula is C26H30N2O5. The van der Waals surface area contributed by atoms with Crippen LogP contribution < -0.4 is 20.3 Å². The minimum absolute atomic E-state index is 0.0941. The van der Waals surface area contributed by atoms with Crippen LogP contribution in [0.5, 0.6) is 11.5 Å². The van der Waals surface area contributed by atoms with Gasteiger partial charge in [-0.2, -0.15) is 0 Å². The van der Waals surface area contributed by atoms with Crippen LogP contribution >= 0.6 is 0 Å². The highest BCUT2D eigenvalue weighted by molar-refractivity contribution is 6.02. The van der Waals surface area contributed by atoms with Crippen LogP contribution in [0, 0.1) is 5.92 Å². The van der Waals surface area contributed by atoms with Crippen molar-refractivity contribution in [3.63, 3.8) is 0 Å². The fourth-order valence-corrected chi connectivity index (χ4v) is 4.62. The highest BCUT2D eigenvalue weighted by Crippen LogP contribution is 2.31. The lowest BCUT2D eigenvalue weighted by Gasteiger charge is -2.28. The number of hydrogen-bond acceptors (Lipinski definition) is 5. The molecule has 7 heteroatoms. The number of hydrogen-bond donors (Lipinski definition) is 2. The maximum absolute atomic E-state index is 13.1. The summed E-state index contributed by atoms with van der Waals surface area (Å²) in [5.41, 5.74) is 1.06. The number of nitrogens with zero attached hydrogens (tertiary/aromatic N) is 1. The molecule has 1 unspecified atom stereocenters. The van der Waals surface area contributed by atoms with E-state index >= 15 is 0 Å². The van der Waals surface area contributed by atoms with E-state index in [1.165, 1.54) is 11.0 Å².